The molecule has 0 aromatic carbocycles. The van der Waals surface area contributed by atoms with Crippen molar-refractivity contribution in [1.82, 2.24) is 20.5 Å². The molecular weight excluding hydrogens is 200 g/mol. The summed E-state index contributed by atoms with van der Waals surface area (Å²) in [6.45, 7) is 3.46. The molecule has 0 amide bonds. The van der Waals surface area contributed by atoms with E-state index in [4.69, 9.17) is 0 Å². The first-order valence-corrected chi connectivity index (χ1v) is 6.42. The zero-order chi connectivity index (χ0) is 11.2. The number of aryl methyl sites for hydroxylation is 1. The Labute approximate surface area is 97.2 Å². The molecule has 2 unspecified atom stereocenters. The Morgan fingerprint density at radius 3 is 3.19 bits per heavy atom. The quantitative estimate of drug-likeness (QED) is 0.748. The van der Waals surface area contributed by atoms with Gasteiger partial charge in [-0.05, 0) is 31.7 Å². The van der Waals surface area contributed by atoms with Crippen molar-refractivity contribution in [2.75, 3.05) is 6.54 Å². The van der Waals surface area contributed by atoms with E-state index in [9.17, 15) is 0 Å². The lowest BCUT2D eigenvalue weighted by atomic mass is 9.87. The summed E-state index contributed by atoms with van der Waals surface area (Å²) in [4.78, 5) is 4.12. The van der Waals surface area contributed by atoms with Crippen LogP contribution in [-0.2, 0) is 6.42 Å². The Morgan fingerprint density at radius 1 is 1.50 bits per heavy atom. The number of nitrogens with one attached hydrogen (secondary N) is 2. The fourth-order valence-corrected chi connectivity index (χ4v) is 2.53. The van der Waals surface area contributed by atoms with Gasteiger partial charge in [0.2, 0.25) is 0 Å². The largest absolute Gasteiger partial charge is 0.314 e. The molecule has 16 heavy (non-hydrogen) atoms. The van der Waals surface area contributed by atoms with Crippen molar-refractivity contribution in [3.63, 3.8) is 0 Å². The van der Waals surface area contributed by atoms with Crippen LogP contribution in [0.15, 0.2) is 6.33 Å². The van der Waals surface area contributed by atoms with Crippen LogP contribution in [0, 0.1) is 5.92 Å². The van der Waals surface area contributed by atoms with Crippen molar-refractivity contribution in [2.24, 2.45) is 5.92 Å². The zero-order valence-corrected chi connectivity index (χ0v) is 10.1. The van der Waals surface area contributed by atoms with E-state index in [2.05, 4.69) is 27.4 Å². The molecule has 4 nitrogen and oxygen atoms in total. The Bertz CT molecular complexity index is 283. The molecule has 0 aliphatic heterocycles. The highest BCUT2D eigenvalue weighted by atomic mass is 15.2. The maximum absolute atomic E-state index is 4.12. The number of aromatic amines is 1. The van der Waals surface area contributed by atoms with Crippen LogP contribution in [0.1, 0.15) is 44.9 Å². The molecule has 2 atom stereocenters. The van der Waals surface area contributed by atoms with Crippen LogP contribution in [0.3, 0.4) is 0 Å². The summed E-state index contributed by atoms with van der Waals surface area (Å²) in [5.41, 5.74) is 0. The molecule has 0 spiro atoms. The van der Waals surface area contributed by atoms with Gasteiger partial charge in [0.05, 0.1) is 0 Å². The average Bonchev–Trinajstić information content (AvgIpc) is 2.77. The minimum absolute atomic E-state index is 0.749. The third kappa shape index (κ3) is 3.59. The number of hydrogen-bond acceptors (Lipinski definition) is 3. The molecule has 2 N–H and O–H groups in total. The van der Waals surface area contributed by atoms with E-state index in [1.54, 1.807) is 6.33 Å². The highest BCUT2D eigenvalue weighted by Crippen LogP contribution is 2.23. The Hall–Kier alpha value is -0.900. The predicted molar refractivity (Wildman–Crippen MR) is 64.1 cm³/mol. The van der Waals surface area contributed by atoms with Crippen LogP contribution in [0.25, 0.3) is 0 Å². The molecule has 2 rings (SSSR count). The summed E-state index contributed by atoms with van der Waals surface area (Å²) in [6.07, 6.45) is 9.22. The monoisotopic (exact) mass is 222 g/mol. The van der Waals surface area contributed by atoms with Gasteiger partial charge < -0.3 is 5.32 Å². The van der Waals surface area contributed by atoms with Crippen LogP contribution in [0.4, 0.5) is 0 Å². The SMILES string of the molecule is CC1CCCC(NCCCc2ncn[nH]2)C1. The summed E-state index contributed by atoms with van der Waals surface area (Å²) in [5.74, 6) is 1.90. The van der Waals surface area contributed by atoms with E-state index in [0.717, 1.165) is 37.2 Å². The van der Waals surface area contributed by atoms with E-state index in [1.807, 2.05) is 0 Å². The molecule has 1 aromatic heterocycles. The first-order valence-electron chi connectivity index (χ1n) is 6.42. The minimum Gasteiger partial charge on any atom is -0.314 e. The summed E-state index contributed by atoms with van der Waals surface area (Å²) in [7, 11) is 0. The number of rotatable bonds is 5. The first kappa shape index (κ1) is 11.6. The standard InChI is InChI=1S/C12H22N4/c1-10-4-2-5-11(8-10)13-7-3-6-12-14-9-15-16-12/h9-11,13H,2-8H2,1H3,(H,14,15,16). The highest BCUT2D eigenvalue weighted by Gasteiger charge is 2.17. The topological polar surface area (TPSA) is 53.6 Å². The first-order chi connectivity index (χ1) is 7.84. The highest BCUT2D eigenvalue weighted by molar-refractivity contribution is 4.81. The second-order valence-electron chi connectivity index (χ2n) is 4.96. The van der Waals surface area contributed by atoms with Gasteiger partial charge >= 0.3 is 0 Å². The summed E-state index contributed by atoms with van der Waals surface area (Å²) in [6, 6.07) is 0.749. The van der Waals surface area contributed by atoms with Crippen molar-refractivity contribution < 1.29 is 0 Å². The molecule has 90 valence electrons. The molecule has 1 aliphatic rings. The molecule has 4 heteroatoms. The fourth-order valence-electron chi connectivity index (χ4n) is 2.53. The normalized spacial score (nSPS) is 25.8. The molecule has 1 heterocycles. The summed E-state index contributed by atoms with van der Waals surface area (Å²) < 4.78 is 0. The van der Waals surface area contributed by atoms with Gasteiger partial charge in [0.15, 0.2) is 0 Å². The lowest BCUT2D eigenvalue weighted by Gasteiger charge is -2.27. The maximum Gasteiger partial charge on any atom is 0.137 e. The van der Waals surface area contributed by atoms with E-state index in [1.165, 1.54) is 25.7 Å². The van der Waals surface area contributed by atoms with Gasteiger partial charge in [-0.2, -0.15) is 5.10 Å². The van der Waals surface area contributed by atoms with Crippen molar-refractivity contribution in [2.45, 2.75) is 51.5 Å². The molecular formula is C12H22N4. The van der Waals surface area contributed by atoms with Crippen LogP contribution in [0.5, 0.6) is 0 Å². The predicted octanol–water partition coefficient (Wildman–Crippen LogP) is 1.91. The smallest absolute Gasteiger partial charge is 0.137 e. The van der Waals surface area contributed by atoms with Crippen LogP contribution < -0.4 is 5.32 Å². The van der Waals surface area contributed by atoms with Crippen molar-refractivity contribution in [3.05, 3.63) is 12.2 Å². The number of aromatic nitrogens is 3. The summed E-state index contributed by atoms with van der Waals surface area (Å²) in [5, 5.41) is 10.4. The van der Waals surface area contributed by atoms with Crippen molar-refractivity contribution in [1.29, 1.82) is 0 Å². The second kappa shape index (κ2) is 5.99. The molecule has 1 saturated carbocycles. The van der Waals surface area contributed by atoms with Gasteiger partial charge in [-0.3, -0.25) is 5.10 Å². The summed E-state index contributed by atoms with van der Waals surface area (Å²) >= 11 is 0. The van der Waals surface area contributed by atoms with Gasteiger partial charge in [0.25, 0.3) is 0 Å². The lowest BCUT2D eigenvalue weighted by Crippen LogP contribution is -2.34. The van der Waals surface area contributed by atoms with Gasteiger partial charge in [0, 0.05) is 12.5 Å². The van der Waals surface area contributed by atoms with Crippen LogP contribution >= 0.6 is 0 Å². The number of hydrogen-bond donors (Lipinski definition) is 2. The average molecular weight is 222 g/mol. The number of nitrogens with zero attached hydrogens (tertiary/aromatic N) is 2. The lowest BCUT2D eigenvalue weighted by molar-refractivity contribution is 0.301. The maximum atomic E-state index is 4.12. The molecule has 1 aliphatic carbocycles. The van der Waals surface area contributed by atoms with E-state index < -0.39 is 0 Å². The third-order valence-corrected chi connectivity index (χ3v) is 3.42. The molecule has 1 fully saturated rings. The third-order valence-electron chi connectivity index (χ3n) is 3.42. The van der Waals surface area contributed by atoms with Gasteiger partial charge in [0.1, 0.15) is 12.2 Å². The Balaban J connectivity index is 1.57. The van der Waals surface area contributed by atoms with E-state index in [-0.39, 0.29) is 0 Å². The number of H-pyrrole nitrogens is 1. The second-order valence-corrected chi connectivity index (χ2v) is 4.96. The molecule has 0 bridgehead atoms. The minimum atomic E-state index is 0.749. The Morgan fingerprint density at radius 2 is 2.44 bits per heavy atom. The zero-order valence-electron chi connectivity index (χ0n) is 10.1. The van der Waals surface area contributed by atoms with Gasteiger partial charge in [-0.1, -0.05) is 19.8 Å². The van der Waals surface area contributed by atoms with Crippen molar-refractivity contribution >= 4 is 0 Å². The van der Waals surface area contributed by atoms with Crippen molar-refractivity contribution in [3.8, 4) is 0 Å². The van der Waals surface area contributed by atoms with Crippen LogP contribution in [-0.4, -0.2) is 27.8 Å². The fraction of sp³-hybridized carbons (Fsp3) is 0.833. The van der Waals surface area contributed by atoms with Gasteiger partial charge in [-0.25, -0.2) is 4.98 Å². The van der Waals surface area contributed by atoms with E-state index >= 15 is 0 Å². The van der Waals surface area contributed by atoms with E-state index in [0.29, 0.717) is 0 Å². The molecule has 0 saturated heterocycles. The van der Waals surface area contributed by atoms with Gasteiger partial charge in [-0.15, -0.1) is 0 Å². The Kier molecular flexibility index (Phi) is 4.34. The van der Waals surface area contributed by atoms with Crippen LogP contribution in [0.2, 0.25) is 0 Å². The molecule has 0 radical (unpaired) electrons. The molecule has 1 aromatic rings.